The zero-order chi connectivity index (χ0) is 26.6. The van der Waals surface area contributed by atoms with E-state index in [-0.39, 0.29) is 17.2 Å². The van der Waals surface area contributed by atoms with E-state index in [9.17, 15) is 4.79 Å². The second-order valence-corrected chi connectivity index (χ2v) is 10.8. The summed E-state index contributed by atoms with van der Waals surface area (Å²) in [6.45, 7) is 9.35. The fraction of sp³-hybridized carbons (Fsp3) is 0.483. The normalized spacial score (nSPS) is 15.0. The van der Waals surface area contributed by atoms with Gasteiger partial charge in [-0.25, -0.2) is 0 Å². The Hall–Kier alpha value is -3.39. The van der Waals surface area contributed by atoms with Crippen LogP contribution >= 0.6 is 0 Å². The summed E-state index contributed by atoms with van der Waals surface area (Å²) in [5.41, 5.74) is 3.33. The van der Waals surface area contributed by atoms with Crippen LogP contribution in [-0.2, 0) is 23.3 Å². The summed E-state index contributed by atoms with van der Waals surface area (Å²) in [6, 6.07) is 14.1. The van der Waals surface area contributed by atoms with Crippen LogP contribution in [0.1, 0.15) is 50.6 Å². The summed E-state index contributed by atoms with van der Waals surface area (Å²) in [6.07, 6.45) is 1.62. The number of rotatable bonds is 8. The molecule has 0 aliphatic carbocycles. The van der Waals surface area contributed by atoms with Gasteiger partial charge in [0.25, 0.3) is 0 Å². The molecule has 4 rings (SSSR count). The summed E-state index contributed by atoms with van der Waals surface area (Å²) in [7, 11) is 5.09. The van der Waals surface area contributed by atoms with Gasteiger partial charge in [-0.05, 0) is 54.6 Å². The number of amides is 1. The maximum atomic E-state index is 13.1. The molecule has 8 heteroatoms. The van der Waals surface area contributed by atoms with Crippen LogP contribution in [0.25, 0.3) is 11.4 Å². The maximum absolute atomic E-state index is 13.1. The number of likely N-dealkylation sites (tertiary alicyclic amines) is 1. The number of hydrogen-bond donors (Lipinski definition) is 0. The van der Waals surface area contributed by atoms with Crippen molar-refractivity contribution in [2.45, 2.75) is 52.1 Å². The Morgan fingerprint density at radius 1 is 1.05 bits per heavy atom. The number of methoxy groups -OCH3 is 2. The molecule has 1 aliphatic heterocycles. The van der Waals surface area contributed by atoms with Crippen molar-refractivity contribution in [3.63, 3.8) is 0 Å². The Labute approximate surface area is 219 Å². The first kappa shape index (κ1) is 26.7. The summed E-state index contributed by atoms with van der Waals surface area (Å²) in [5.74, 6) is 2.75. The van der Waals surface area contributed by atoms with E-state index in [1.165, 1.54) is 5.56 Å². The number of ether oxygens (including phenoxy) is 2. The highest BCUT2D eigenvalue weighted by atomic mass is 16.5. The van der Waals surface area contributed by atoms with Crippen LogP contribution in [-0.4, -0.2) is 60.2 Å². The third-order valence-corrected chi connectivity index (χ3v) is 7.02. The molecule has 2 heterocycles. The van der Waals surface area contributed by atoms with Crippen molar-refractivity contribution in [1.29, 1.82) is 0 Å². The standard InChI is InChI=1S/C29H38N4O4/c1-29(2,3)23-10-8-21(9-11-23)27-30-26(37-31-27)19-33-15-13-22(14-16-33)28(34)32(4)18-20-7-12-24(35-5)25(17-20)36-6/h7-12,17,22H,13-16,18-19H2,1-6H3. The van der Waals surface area contributed by atoms with Gasteiger partial charge < -0.3 is 18.9 Å². The Balaban J connectivity index is 1.28. The van der Waals surface area contributed by atoms with E-state index in [0.717, 1.165) is 37.1 Å². The second kappa shape index (κ2) is 11.3. The van der Waals surface area contributed by atoms with Gasteiger partial charge >= 0.3 is 0 Å². The molecule has 1 fully saturated rings. The predicted molar refractivity (Wildman–Crippen MR) is 142 cm³/mol. The minimum Gasteiger partial charge on any atom is -0.493 e. The molecule has 0 saturated carbocycles. The van der Waals surface area contributed by atoms with Crippen LogP contribution in [0.4, 0.5) is 0 Å². The van der Waals surface area contributed by atoms with Crippen LogP contribution in [0.3, 0.4) is 0 Å². The lowest BCUT2D eigenvalue weighted by Crippen LogP contribution is -2.40. The van der Waals surface area contributed by atoms with Crippen molar-refractivity contribution in [3.8, 4) is 22.9 Å². The van der Waals surface area contributed by atoms with Gasteiger partial charge in [-0.1, -0.05) is 56.3 Å². The van der Waals surface area contributed by atoms with Crippen LogP contribution in [0.5, 0.6) is 11.5 Å². The lowest BCUT2D eigenvalue weighted by Gasteiger charge is -2.32. The Kier molecular flexibility index (Phi) is 8.17. The first-order chi connectivity index (χ1) is 17.7. The first-order valence-corrected chi connectivity index (χ1v) is 12.8. The third kappa shape index (κ3) is 6.49. The van der Waals surface area contributed by atoms with Gasteiger partial charge in [0.05, 0.1) is 20.8 Å². The smallest absolute Gasteiger partial charge is 0.241 e. The van der Waals surface area contributed by atoms with Gasteiger partial charge in [0, 0.05) is 25.1 Å². The molecule has 37 heavy (non-hydrogen) atoms. The van der Waals surface area contributed by atoms with Crippen LogP contribution in [0, 0.1) is 5.92 Å². The van der Waals surface area contributed by atoms with Crippen molar-refractivity contribution in [2.75, 3.05) is 34.4 Å². The fourth-order valence-corrected chi connectivity index (χ4v) is 4.73. The molecule has 1 saturated heterocycles. The van der Waals surface area contributed by atoms with E-state index < -0.39 is 0 Å². The number of piperidine rings is 1. The molecule has 2 aromatic carbocycles. The lowest BCUT2D eigenvalue weighted by atomic mass is 9.87. The number of carbonyl (C=O) groups excluding carboxylic acids is 1. The van der Waals surface area contributed by atoms with Gasteiger partial charge in [0.15, 0.2) is 11.5 Å². The zero-order valence-electron chi connectivity index (χ0n) is 22.8. The predicted octanol–water partition coefficient (Wildman–Crippen LogP) is 4.92. The van der Waals surface area contributed by atoms with E-state index in [1.54, 1.807) is 19.1 Å². The molecule has 0 spiro atoms. The SMILES string of the molecule is COc1ccc(CN(C)C(=O)C2CCN(Cc3nc(-c4ccc(C(C)(C)C)cc4)no3)CC2)cc1OC. The average Bonchev–Trinajstić information content (AvgIpc) is 3.36. The highest BCUT2D eigenvalue weighted by Gasteiger charge is 2.28. The van der Waals surface area contributed by atoms with Crippen molar-refractivity contribution in [3.05, 3.63) is 59.5 Å². The maximum Gasteiger partial charge on any atom is 0.241 e. The molecule has 198 valence electrons. The number of hydrogen-bond acceptors (Lipinski definition) is 7. The molecule has 0 radical (unpaired) electrons. The monoisotopic (exact) mass is 506 g/mol. The highest BCUT2D eigenvalue weighted by Crippen LogP contribution is 2.29. The molecule has 1 aromatic heterocycles. The molecule has 1 aliphatic rings. The van der Waals surface area contributed by atoms with E-state index in [4.69, 9.17) is 14.0 Å². The van der Waals surface area contributed by atoms with E-state index >= 15 is 0 Å². The number of carbonyl (C=O) groups is 1. The largest absolute Gasteiger partial charge is 0.493 e. The van der Waals surface area contributed by atoms with Gasteiger partial charge in [-0.3, -0.25) is 9.69 Å². The van der Waals surface area contributed by atoms with E-state index in [1.807, 2.05) is 37.4 Å². The fourth-order valence-electron chi connectivity index (χ4n) is 4.73. The van der Waals surface area contributed by atoms with Crippen molar-refractivity contribution in [1.82, 2.24) is 19.9 Å². The molecule has 0 atom stereocenters. The quantitative estimate of drug-likeness (QED) is 0.429. The molecule has 0 unspecified atom stereocenters. The topological polar surface area (TPSA) is 80.9 Å². The molecule has 0 bridgehead atoms. The van der Waals surface area contributed by atoms with Gasteiger partial charge in [-0.15, -0.1) is 0 Å². The lowest BCUT2D eigenvalue weighted by molar-refractivity contribution is -0.136. The molecule has 1 amide bonds. The number of nitrogens with zero attached hydrogens (tertiary/aromatic N) is 4. The Bertz CT molecular complexity index is 1190. The summed E-state index contributed by atoms with van der Waals surface area (Å²) < 4.78 is 16.2. The summed E-state index contributed by atoms with van der Waals surface area (Å²) in [5, 5.41) is 4.18. The van der Waals surface area contributed by atoms with Gasteiger partial charge in [-0.2, -0.15) is 4.98 Å². The van der Waals surface area contributed by atoms with Crippen molar-refractivity contribution in [2.24, 2.45) is 5.92 Å². The average molecular weight is 507 g/mol. The van der Waals surface area contributed by atoms with Crippen molar-refractivity contribution < 1.29 is 18.8 Å². The third-order valence-electron chi connectivity index (χ3n) is 7.02. The molecule has 8 nitrogen and oxygen atoms in total. The first-order valence-electron chi connectivity index (χ1n) is 12.8. The molecular weight excluding hydrogens is 468 g/mol. The second-order valence-electron chi connectivity index (χ2n) is 10.8. The summed E-state index contributed by atoms with van der Waals surface area (Å²) in [4.78, 5) is 21.8. The Morgan fingerprint density at radius 2 is 1.73 bits per heavy atom. The minimum atomic E-state index is 0.0148. The zero-order valence-corrected chi connectivity index (χ0v) is 22.8. The van der Waals surface area contributed by atoms with Crippen LogP contribution < -0.4 is 9.47 Å². The minimum absolute atomic E-state index is 0.0148. The summed E-state index contributed by atoms with van der Waals surface area (Å²) >= 11 is 0. The number of benzene rings is 2. The van der Waals surface area contributed by atoms with E-state index in [0.29, 0.717) is 36.3 Å². The molecule has 0 N–H and O–H groups in total. The molecule has 3 aromatic rings. The van der Waals surface area contributed by atoms with Gasteiger partial charge in [0.1, 0.15) is 0 Å². The Morgan fingerprint density at radius 3 is 2.35 bits per heavy atom. The van der Waals surface area contributed by atoms with E-state index in [2.05, 4.69) is 47.9 Å². The molecular formula is C29H38N4O4. The number of aromatic nitrogens is 2. The van der Waals surface area contributed by atoms with Gasteiger partial charge in [0.2, 0.25) is 17.6 Å². The highest BCUT2D eigenvalue weighted by molar-refractivity contribution is 5.78. The van der Waals surface area contributed by atoms with Crippen molar-refractivity contribution >= 4 is 5.91 Å². The van der Waals surface area contributed by atoms with Crippen LogP contribution in [0.15, 0.2) is 47.0 Å². The van der Waals surface area contributed by atoms with Crippen LogP contribution in [0.2, 0.25) is 0 Å².